The molecule has 0 saturated heterocycles. The summed E-state index contributed by atoms with van der Waals surface area (Å²) in [4.78, 5) is 24.9. The molecule has 1 aromatic rings. The molecule has 5 rings (SSSR count). The lowest BCUT2D eigenvalue weighted by Crippen LogP contribution is -2.51. The van der Waals surface area contributed by atoms with E-state index in [-0.39, 0.29) is 28.8 Å². The summed E-state index contributed by atoms with van der Waals surface area (Å²) in [6.45, 7) is 6.71. The number of ketones is 1. The highest BCUT2D eigenvalue weighted by Gasteiger charge is 2.59. The third kappa shape index (κ3) is 3.31. The lowest BCUT2D eigenvalue weighted by molar-refractivity contribution is -0.127. The molecule has 7 atom stereocenters. The van der Waals surface area contributed by atoms with Crippen molar-refractivity contribution in [2.45, 2.75) is 78.2 Å². The normalized spacial score (nSPS) is 41.4. The average molecular weight is 421 g/mol. The standard InChI is InChI=1S/C28H36O3/c1-18(29)23-11-12-24-22-10-9-20-17-21(31-26(30)19-7-5-4-6-8-19)13-15-27(20,2)25(22)14-16-28(23,24)3/h4-8,17,21-25H,9-16H2,1-3H3. The summed E-state index contributed by atoms with van der Waals surface area (Å²) in [7, 11) is 0. The van der Waals surface area contributed by atoms with Gasteiger partial charge in [-0.15, -0.1) is 0 Å². The molecule has 0 bridgehead atoms. The van der Waals surface area contributed by atoms with Crippen LogP contribution in [-0.4, -0.2) is 17.9 Å². The van der Waals surface area contributed by atoms with Crippen molar-refractivity contribution in [2.75, 3.05) is 0 Å². The molecule has 0 heterocycles. The van der Waals surface area contributed by atoms with Gasteiger partial charge in [-0.05, 0) is 105 Å². The second-order valence-electron chi connectivity index (χ2n) is 11.2. The van der Waals surface area contributed by atoms with Gasteiger partial charge < -0.3 is 4.74 Å². The van der Waals surface area contributed by atoms with Gasteiger partial charge in [-0.3, -0.25) is 4.79 Å². The zero-order valence-corrected chi connectivity index (χ0v) is 19.2. The molecule has 1 aromatic carbocycles. The molecule has 4 aliphatic carbocycles. The van der Waals surface area contributed by atoms with Crippen molar-refractivity contribution in [3.05, 3.63) is 47.5 Å². The van der Waals surface area contributed by atoms with Crippen molar-refractivity contribution in [3.8, 4) is 0 Å². The van der Waals surface area contributed by atoms with E-state index in [9.17, 15) is 9.59 Å². The van der Waals surface area contributed by atoms with Gasteiger partial charge in [0, 0.05) is 5.92 Å². The lowest BCUT2D eigenvalue weighted by atomic mass is 9.46. The van der Waals surface area contributed by atoms with E-state index < -0.39 is 0 Å². The van der Waals surface area contributed by atoms with E-state index in [4.69, 9.17) is 4.74 Å². The molecular formula is C28H36O3. The maximum atomic E-state index is 12.5. The first-order valence-electron chi connectivity index (χ1n) is 12.3. The Morgan fingerprint density at radius 1 is 0.935 bits per heavy atom. The summed E-state index contributed by atoms with van der Waals surface area (Å²) < 4.78 is 5.88. The molecule has 3 heteroatoms. The maximum Gasteiger partial charge on any atom is 0.338 e. The van der Waals surface area contributed by atoms with E-state index >= 15 is 0 Å². The Balaban J connectivity index is 1.34. The number of rotatable bonds is 3. The van der Waals surface area contributed by atoms with E-state index in [1.54, 1.807) is 0 Å². The fourth-order valence-electron chi connectivity index (χ4n) is 8.24. The van der Waals surface area contributed by atoms with Gasteiger partial charge in [0.15, 0.2) is 0 Å². The van der Waals surface area contributed by atoms with Crippen molar-refractivity contribution in [1.82, 2.24) is 0 Å². The molecule has 0 N–H and O–H groups in total. The highest BCUT2D eigenvalue weighted by atomic mass is 16.5. The van der Waals surface area contributed by atoms with Crippen LogP contribution in [0, 0.1) is 34.5 Å². The monoisotopic (exact) mass is 420 g/mol. The third-order valence-corrected chi connectivity index (χ3v) is 9.83. The average Bonchev–Trinajstić information content (AvgIpc) is 3.12. The fraction of sp³-hybridized carbons (Fsp3) is 0.643. The number of hydrogen-bond acceptors (Lipinski definition) is 3. The first-order valence-corrected chi connectivity index (χ1v) is 12.3. The summed E-state index contributed by atoms with van der Waals surface area (Å²) in [5.74, 6) is 2.63. The molecule has 0 spiro atoms. The number of allylic oxidation sites excluding steroid dienone is 1. The Bertz CT molecular complexity index is 902. The number of fused-ring (bicyclic) bond motifs is 5. The minimum Gasteiger partial charge on any atom is -0.455 e. The predicted molar refractivity (Wildman–Crippen MR) is 122 cm³/mol. The first-order chi connectivity index (χ1) is 14.8. The van der Waals surface area contributed by atoms with Crippen LogP contribution in [0.3, 0.4) is 0 Å². The summed E-state index contributed by atoms with van der Waals surface area (Å²) >= 11 is 0. The zero-order valence-electron chi connectivity index (χ0n) is 19.2. The van der Waals surface area contributed by atoms with Crippen molar-refractivity contribution < 1.29 is 14.3 Å². The van der Waals surface area contributed by atoms with E-state index in [0.717, 1.165) is 31.6 Å². The Hall–Kier alpha value is -1.90. The number of hydrogen-bond donors (Lipinski definition) is 0. The lowest BCUT2D eigenvalue weighted by Gasteiger charge is -2.58. The largest absolute Gasteiger partial charge is 0.455 e. The molecule has 0 aliphatic heterocycles. The van der Waals surface area contributed by atoms with Crippen LogP contribution < -0.4 is 0 Å². The van der Waals surface area contributed by atoms with Gasteiger partial charge in [-0.2, -0.15) is 0 Å². The molecule has 31 heavy (non-hydrogen) atoms. The van der Waals surface area contributed by atoms with Crippen molar-refractivity contribution in [2.24, 2.45) is 34.5 Å². The molecule has 3 saturated carbocycles. The second kappa shape index (κ2) is 7.60. The van der Waals surface area contributed by atoms with Crippen LogP contribution in [0.15, 0.2) is 42.0 Å². The Morgan fingerprint density at radius 2 is 1.71 bits per heavy atom. The van der Waals surface area contributed by atoms with Crippen LogP contribution in [0.2, 0.25) is 0 Å². The summed E-state index contributed by atoms with van der Waals surface area (Å²) in [6, 6.07) is 9.32. The Labute approximate surface area is 186 Å². The fourth-order valence-corrected chi connectivity index (χ4v) is 8.24. The molecule has 3 fully saturated rings. The highest BCUT2D eigenvalue weighted by Crippen LogP contribution is 2.66. The number of benzene rings is 1. The quantitative estimate of drug-likeness (QED) is 0.421. The molecule has 0 aromatic heterocycles. The van der Waals surface area contributed by atoms with E-state index in [1.165, 1.54) is 31.3 Å². The predicted octanol–water partition coefficient (Wildman–Crippen LogP) is 6.38. The van der Waals surface area contributed by atoms with Crippen LogP contribution in [0.1, 0.15) is 82.5 Å². The summed E-state index contributed by atoms with van der Waals surface area (Å²) in [6.07, 6.45) is 11.3. The molecule has 166 valence electrons. The van der Waals surface area contributed by atoms with Crippen molar-refractivity contribution in [3.63, 3.8) is 0 Å². The Morgan fingerprint density at radius 3 is 2.45 bits per heavy atom. The third-order valence-electron chi connectivity index (χ3n) is 9.83. The van der Waals surface area contributed by atoms with Crippen molar-refractivity contribution in [1.29, 1.82) is 0 Å². The second-order valence-corrected chi connectivity index (χ2v) is 11.2. The molecule has 3 nitrogen and oxygen atoms in total. The van der Waals surface area contributed by atoms with Crippen molar-refractivity contribution >= 4 is 11.8 Å². The minimum absolute atomic E-state index is 0.102. The van der Waals surface area contributed by atoms with Crippen LogP contribution in [0.25, 0.3) is 0 Å². The molecule has 0 radical (unpaired) electrons. The smallest absolute Gasteiger partial charge is 0.338 e. The maximum absolute atomic E-state index is 12.5. The number of carbonyl (C=O) groups is 2. The van der Waals surface area contributed by atoms with Gasteiger partial charge in [0.05, 0.1) is 5.56 Å². The highest BCUT2D eigenvalue weighted by molar-refractivity contribution is 5.89. The van der Waals surface area contributed by atoms with Gasteiger partial charge in [0.25, 0.3) is 0 Å². The summed E-state index contributed by atoms with van der Waals surface area (Å²) in [5.41, 5.74) is 2.60. The molecule has 4 aliphatic rings. The van der Waals surface area contributed by atoms with Gasteiger partial charge >= 0.3 is 5.97 Å². The van der Waals surface area contributed by atoms with E-state index in [2.05, 4.69) is 19.9 Å². The molecular weight excluding hydrogens is 384 g/mol. The van der Waals surface area contributed by atoms with Gasteiger partial charge in [0.2, 0.25) is 0 Å². The zero-order chi connectivity index (χ0) is 21.8. The Kier molecular flexibility index (Phi) is 5.14. The van der Waals surface area contributed by atoms with Gasteiger partial charge in [0.1, 0.15) is 11.9 Å². The van der Waals surface area contributed by atoms with E-state index in [1.807, 2.05) is 37.3 Å². The SMILES string of the molecule is CC(=O)C1CCC2C3CCC4=CC(OC(=O)c5ccccc5)CCC4(C)C3CCC12C. The molecule has 0 amide bonds. The van der Waals surface area contributed by atoms with E-state index in [0.29, 0.717) is 23.2 Å². The van der Waals surface area contributed by atoms with Crippen LogP contribution in [-0.2, 0) is 9.53 Å². The summed E-state index contributed by atoms with van der Waals surface area (Å²) in [5, 5.41) is 0. The molecule has 7 unspecified atom stereocenters. The van der Waals surface area contributed by atoms with Crippen LogP contribution >= 0.6 is 0 Å². The number of Topliss-reactive ketones (excluding diaryl/α,β-unsaturated/α-hetero) is 1. The van der Waals surface area contributed by atoms with Gasteiger partial charge in [-0.1, -0.05) is 37.6 Å². The number of esters is 1. The van der Waals surface area contributed by atoms with Gasteiger partial charge in [-0.25, -0.2) is 4.79 Å². The topological polar surface area (TPSA) is 43.4 Å². The minimum atomic E-state index is -0.214. The first kappa shape index (κ1) is 21.0. The number of ether oxygens (including phenoxy) is 1. The van der Waals surface area contributed by atoms with Crippen LogP contribution in [0.4, 0.5) is 0 Å². The van der Waals surface area contributed by atoms with Crippen LogP contribution in [0.5, 0.6) is 0 Å². The number of carbonyl (C=O) groups excluding carboxylic acids is 2.